The summed E-state index contributed by atoms with van der Waals surface area (Å²) in [6.45, 7) is 1.78. The summed E-state index contributed by atoms with van der Waals surface area (Å²) in [4.78, 5) is 10.3. The molecule has 0 radical (unpaired) electrons. The van der Waals surface area contributed by atoms with E-state index in [1.807, 2.05) is 6.92 Å². The van der Waals surface area contributed by atoms with E-state index in [4.69, 9.17) is 5.11 Å². The summed E-state index contributed by atoms with van der Waals surface area (Å²) in [6, 6.07) is 0. The molecule has 0 atom stereocenters. The smallest absolute Gasteiger partial charge is 0.325 e. The molecule has 1 N–H and O–H groups in total. The third kappa shape index (κ3) is 1.82. The average molecular weight is 234 g/mol. The van der Waals surface area contributed by atoms with Gasteiger partial charge in [-0.3, -0.25) is 4.79 Å². The molecule has 0 aromatic carbocycles. The van der Waals surface area contributed by atoms with Crippen molar-refractivity contribution in [2.24, 2.45) is 0 Å². The highest BCUT2D eigenvalue weighted by molar-refractivity contribution is 9.10. The van der Waals surface area contributed by atoms with Crippen LogP contribution in [0.5, 0.6) is 0 Å². The molecule has 0 amide bonds. The largest absolute Gasteiger partial charge is 0.480 e. The number of carboxylic acids is 1. The first-order chi connectivity index (χ1) is 5.65. The van der Waals surface area contributed by atoms with Gasteiger partial charge in [-0.2, -0.15) is 0 Å². The third-order valence-electron chi connectivity index (χ3n) is 1.41. The lowest BCUT2D eigenvalue weighted by atomic mass is 10.3. The molecule has 0 aliphatic rings. The van der Waals surface area contributed by atoms with E-state index in [9.17, 15) is 4.79 Å². The lowest BCUT2D eigenvalue weighted by Crippen LogP contribution is -2.12. The van der Waals surface area contributed by atoms with Crippen molar-refractivity contribution in [1.29, 1.82) is 0 Å². The first kappa shape index (κ1) is 9.18. The van der Waals surface area contributed by atoms with Gasteiger partial charge < -0.3 is 5.11 Å². The van der Waals surface area contributed by atoms with Crippen molar-refractivity contribution < 1.29 is 9.90 Å². The Kier molecular flexibility index (Phi) is 2.80. The van der Waals surface area contributed by atoms with Gasteiger partial charge in [-0.1, -0.05) is 12.1 Å². The van der Waals surface area contributed by atoms with Gasteiger partial charge in [0.2, 0.25) is 0 Å². The van der Waals surface area contributed by atoms with Crippen molar-refractivity contribution in [2.45, 2.75) is 19.9 Å². The van der Waals surface area contributed by atoms with Crippen LogP contribution in [0.4, 0.5) is 0 Å². The molecule has 0 saturated carbocycles. The van der Waals surface area contributed by atoms with Gasteiger partial charge in [-0.05, 0) is 22.4 Å². The first-order valence-corrected chi connectivity index (χ1v) is 4.24. The van der Waals surface area contributed by atoms with Gasteiger partial charge in [-0.15, -0.1) is 5.10 Å². The molecule has 12 heavy (non-hydrogen) atoms. The Morgan fingerprint density at radius 2 is 2.42 bits per heavy atom. The molecule has 0 saturated heterocycles. The number of hydrogen-bond donors (Lipinski definition) is 1. The van der Waals surface area contributed by atoms with Crippen LogP contribution >= 0.6 is 15.9 Å². The fourth-order valence-electron chi connectivity index (χ4n) is 0.895. The number of rotatable bonds is 3. The molecule has 0 unspecified atom stereocenters. The zero-order valence-corrected chi connectivity index (χ0v) is 8.08. The monoisotopic (exact) mass is 233 g/mol. The summed E-state index contributed by atoms with van der Waals surface area (Å²) in [5.41, 5.74) is 0.803. The fraction of sp³-hybridized carbons (Fsp3) is 0.500. The molecule has 66 valence electrons. The third-order valence-corrected chi connectivity index (χ3v) is 2.03. The van der Waals surface area contributed by atoms with Gasteiger partial charge in [0, 0.05) is 0 Å². The number of carboxylic acid groups (broad SMARTS) is 1. The van der Waals surface area contributed by atoms with E-state index in [1.54, 1.807) is 0 Å². The van der Waals surface area contributed by atoms with Crippen LogP contribution in [0.3, 0.4) is 0 Å². The van der Waals surface area contributed by atoms with Gasteiger partial charge in [0.05, 0.1) is 5.69 Å². The second-order valence-corrected chi connectivity index (χ2v) is 2.98. The average Bonchev–Trinajstić information content (AvgIpc) is 2.30. The number of aromatic nitrogens is 3. The van der Waals surface area contributed by atoms with Crippen molar-refractivity contribution in [3.63, 3.8) is 0 Å². The topological polar surface area (TPSA) is 68.0 Å². The van der Waals surface area contributed by atoms with Crippen LogP contribution in [0.25, 0.3) is 0 Å². The quantitative estimate of drug-likeness (QED) is 0.835. The minimum Gasteiger partial charge on any atom is -0.480 e. The molecular formula is C6H8BrN3O2. The highest BCUT2D eigenvalue weighted by Crippen LogP contribution is 2.12. The van der Waals surface area contributed by atoms with E-state index in [1.165, 1.54) is 4.68 Å². The van der Waals surface area contributed by atoms with E-state index in [0.717, 1.165) is 5.69 Å². The summed E-state index contributed by atoms with van der Waals surface area (Å²) < 4.78 is 1.98. The maximum Gasteiger partial charge on any atom is 0.325 e. The van der Waals surface area contributed by atoms with E-state index >= 15 is 0 Å². The van der Waals surface area contributed by atoms with E-state index in [2.05, 4.69) is 26.2 Å². The standard InChI is InChI=1S/C6H8BrN3O2/c1-2-4-6(7)8-9-10(4)3-5(11)12/h2-3H2,1H3,(H,11,12). The minimum absolute atomic E-state index is 0.137. The van der Waals surface area contributed by atoms with Crippen LogP contribution in [0, 0.1) is 0 Å². The lowest BCUT2D eigenvalue weighted by Gasteiger charge is -1.99. The van der Waals surface area contributed by atoms with Gasteiger partial charge in [0.15, 0.2) is 4.60 Å². The Morgan fingerprint density at radius 3 is 2.92 bits per heavy atom. The Bertz CT molecular complexity index is 297. The Hall–Kier alpha value is -0.910. The van der Waals surface area contributed by atoms with E-state index < -0.39 is 5.97 Å². The van der Waals surface area contributed by atoms with E-state index in [0.29, 0.717) is 11.0 Å². The predicted molar refractivity (Wildman–Crippen MR) is 44.7 cm³/mol. The highest BCUT2D eigenvalue weighted by atomic mass is 79.9. The summed E-state index contributed by atoms with van der Waals surface area (Å²) in [5.74, 6) is -0.915. The summed E-state index contributed by atoms with van der Waals surface area (Å²) in [7, 11) is 0. The first-order valence-electron chi connectivity index (χ1n) is 3.44. The number of aliphatic carboxylic acids is 1. The molecule has 1 aromatic heterocycles. The highest BCUT2D eigenvalue weighted by Gasteiger charge is 2.10. The van der Waals surface area contributed by atoms with Crippen LogP contribution < -0.4 is 0 Å². The normalized spacial score (nSPS) is 10.2. The zero-order chi connectivity index (χ0) is 9.14. The molecule has 5 nitrogen and oxygen atoms in total. The number of halogens is 1. The molecule has 0 aliphatic heterocycles. The van der Waals surface area contributed by atoms with Crippen molar-refractivity contribution in [2.75, 3.05) is 0 Å². The molecule has 1 aromatic rings. The van der Waals surface area contributed by atoms with E-state index in [-0.39, 0.29) is 6.54 Å². The fourth-order valence-corrected chi connectivity index (χ4v) is 1.45. The summed E-state index contributed by atoms with van der Waals surface area (Å²) >= 11 is 3.18. The number of carbonyl (C=O) groups is 1. The SMILES string of the molecule is CCc1c(Br)nnn1CC(=O)O. The Morgan fingerprint density at radius 1 is 1.75 bits per heavy atom. The second-order valence-electron chi connectivity index (χ2n) is 2.23. The van der Waals surface area contributed by atoms with Crippen molar-refractivity contribution >= 4 is 21.9 Å². The Balaban J connectivity index is 2.91. The molecule has 6 heteroatoms. The number of hydrogen-bond acceptors (Lipinski definition) is 3. The van der Waals surface area contributed by atoms with Crippen molar-refractivity contribution in [1.82, 2.24) is 15.0 Å². The van der Waals surface area contributed by atoms with Crippen LogP contribution in [0.1, 0.15) is 12.6 Å². The van der Waals surface area contributed by atoms with Gasteiger partial charge in [-0.25, -0.2) is 4.68 Å². The summed E-state index contributed by atoms with van der Waals surface area (Å²) in [5, 5.41) is 15.9. The molecule has 0 bridgehead atoms. The van der Waals surface area contributed by atoms with Crippen LogP contribution in [0.15, 0.2) is 4.60 Å². The van der Waals surface area contributed by atoms with Gasteiger partial charge in [0.1, 0.15) is 6.54 Å². The minimum atomic E-state index is -0.915. The van der Waals surface area contributed by atoms with Crippen LogP contribution in [0.2, 0.25) is 0 Å². The maximum atomic E-state index is 10.3. The molecular weight excluding hydrogens is 226 g/mol. The van der Waals surface area contributed by atoms with Crippen molar-refractivity contribution in [3.8, 4) is 0 Å². The molecule has 0 aliphatic carbocycles. The second kappa shape index (κ2) is 3.66. The maximum absolute atomic E-state index is 10.3. The van der Waals surface area contributed by atoms with Crippen LogP contribution in [-0.2, 0) is 17.8 Å². The molecule has 1 heterocycles. The lowest BCUT2D eigenvalue weighted by molar-refractivity contribution is -0.137. The molecule has 0 fully saturated rings. The molecule has 1 rings (SSSR count). The summed E-state index contributed by atoms with van der Waals surface area (Å²) in [6.07, 6.45) is 0.709. The predicted octanol–water partition coefficient (Wildman–Crippen LogP) is 0.688. The van der Waals surface area contributed by atoms with Crippen molar-refractivity contribution in [3.05, 3.63) is 10.3 Å². The number of nitrogens with zero attached hydrogens (tertiary/aromatic N) is 3. The zero-order valence-electron chi connectivity index (χ0n) is 6.49. The van der Waals surface area contributed by atoms with Gasteiger partial charge >= 0.3 is 5.97 Å². The van der Waals surface area contributed by atoms with Crippen LogP contribution in [-0.4, -0.2) is 26.1 Å². The van der Waals surface area contributed by atoms with Gasteiger partial charge in [0.25, 0.3) is 0 Å². The Labute approximate surface area is 77.5 Å². The molecule has 0 spiro atoms.